The number of halogens is 5. The van der Waals surface area contributed by atoms with Crippen molar-refractivity contribution >= 4 is 98.1 Å². The van der Waals surface area contributed by atoms with Crippen molar-refractivity contribution in [1.29, 1.82) is 0 Å². The number of aliphatic carboxylic acids is 1. The Morgan fingerprint density at radius 3 is 1.93 bits per heavy atom. The molecule has 0 saturated heterocycles. The predicted molar refractivity (Wildman–Crippen MR) is 310 cm³/mol. The number of sulfonamides is 2. The number of carbonyl (C=O) groups excluding carboxylic acids is 4. The lowest BCUT2D eigenvalue weighted by Crippen LogP contribution is -2.36. The van der Waals surface area contributed by atoms with Gasteiger partial charge < -0.3 is 44.3 Å². The summed E-state index contributed by atoms with van der Waals surface area (Å²) in [7, 11) is -3.96. The lowest BCUT2D eigenvalue weighted by molar-refractivity contribution is -0.385. The van der Waals surface area contributed by atoms with E-state index in [2.05, 4.69) is 45.3 Å². The number of rotatable bonds is 20. The van der Waals surface area contributed by atoms with Gasteiger partial charge in [-0.25, -0.2) is 37.2 Å². The molecule has 0 bridgehead atoms. The zero-order valence-corrected chi connectivity index (χ0v) is 51.7. The van der Waals surface area contributed by atoms with Crippen molar-refractivity contribution in [3.8, 4) is 29.3 Å². The third-order valence-corrected chi connectivity index (χ3v) is 14.7. The van der Waals surface area contributed by atoms with Crippen LogP contribution in [0.4, 0.5) is 40.3 Å². The molecule has 0 aliphatic carbocycles. The number of hydrogen-bond donors (Lipinski definition) is 7. The summed E-state index contributed by atoms with van der Waals surface area (Å²) in [6, 6.07) is 14.0. The standard InChI is InChI=1S/C15H16F3N5O4S.C15H18N6O6S.C14H9Cl2NO5.C5H12NO4P/c1-9-19-12(22-14(20-9)27-2)21-13(24)23-28(25,26)11-6-4-3-5-10(11)7-8-15(16,17)18;1-21(2)13(22)9-6-5-7-16-12(9)28(24,25)20-15(23)19-14-17-10(26-3)8-11(18-14)27-4;1-21-14(18)10-7-9(3-4-12(10)17(19)20)22-13-5-2-8(15)6-11(13)16;1-11(9,10)3-2-4(6)5(7)8/h3-6H,7-8H2,1-2H3,(H2,19,20,21,22,23,24);5-8H,1-4H3,(H2,17,18,19,20,23);2-7H,1H3;4H,2-3,6H2,1H3,(H,7,8)(H,9,10). The number of nitro groups is 1. The highest BCUT2D eigenvalue weighted by Gasteiger charge is 2.30. The Kier molecular flexibility index (Phi) is 27.7. The van der Waals surface area contributed by atoms with Gasteiger partial charge in [0.1, 0.15) is 28.9 Å². The highest BCUT2D eigenvalue weighted by molar-refractivity contribution is 7.90. The molecule has 6 aromatic rings. The summed E-state index contributed by atoms with van der Waals surface area (Å²) in [5.41, 5.74) is 4.25. The van der Waals surface area contributed by atoms with Gasteiger partial charge in [-0.3, -0.25) is 34.9 Å². The van der Waals surface area contributed by atoms with Crippen LogP contribution in [0.5, 0.6) is 29.3 Å². The number of aryl methyl sites for hydroxylation is 2. The SMILES string of the molecule is COC(=O)c1cc(Oc2ccc(Cl)cc2Cl)ccc1[N+](=O)[O-].COc1cc(OC)nc(NC(=O)NS(=O)(=O)c2ncccc2C(=O)N(C)C)n1.COc1nc(C)nc(NC(=O)NS(=O)(=O)c2ccccc2CCC(F)(F)F)n1.CP(=O)(O)CCC(N)C(=O)O. The van der Waals surface area contributed by atoms with E-state index >= 15 is 0 Å². The van der Waals surface area contributed by atoms with E-state index < -0.39 is 97.2 Å². The monoisotopic (exact) mass is 1350 g/mol. The molecule has 89 heavy (non-hydrogen) atoms. The van der Waals surface area contributed by atoms with Gasteiger partial charge in [-0.1, -0.05) is 41.4 Å². The summed E-state index contributed by atoms with van der Waals surface area (Å²) < 4.78 is 126. The molecule has 2 atom stereocenters. The van der Waals surface area contributed by atoms with Crippen LogP contribution in [0.1, 0.15) is 44.9 Å². The second-order valence-electron chi connectivity index (χ2n) is 17.5. The minimum atomic E-state index is -4.46. The third-order valence-electron chi connectivity index (χ3n) is 10.4. The minimum Gasteiger partial charge on any atom is -0.481 e. The number of ether oxygens (including phenoxy) is 5. The molecule has 0 fully saturated rings. The summed E-state index contributed by atoms with van der Waals surface area (Å²) >= 11 is 11.8. The van der Waals surface area contributed by atoms with Crippen LogP contribution in [-0.2, 0) is 40.6 Å². The van der Waals surface area contributed by atoms with Crippen molar-refractivity contribution in [2.45, 2.75) is 48.3 Å². The number of carboxylic acid groups (broad SMARTS) is 1. The van der Waals surface area contributed by atoms with Crippen molar-refractivity contribution in [3.63, 3.8) is 0 Å². The van der Waals surface area contributed by atoms with Crippen LogP contribution in [0.25, 0.3) is 0 Å². The molecule has 0 aliphatic heterocycles. The molecule has 0 aliphatic rings. The number of alkyl halides is 3. The molecule has 0 saturated carbocycles. The number of nitro benzene ring substituents is 1. The topological polar surface area (TPSA) is 455 Å². The van der Waals surface area contributed by atoms with Crippen molar-refractivity contribution < 1.29 is 97.2 Å². The summed E-state index contributed by atoms with van der Waals surface area (Å²) in [4.78, 5) is 101. The molecule has 482 valence electrons. The van der Waals surface area contributed by atoms with Crippen LogP contribution >= 0.6 is 30.6 Å². The number of nitrogens with zero attached hydrogens (tertiary/aromatic N) is 8. The number of urea groups is 2. The van der Waals surface area contributed by atoms with Crippen molar-refractivity contribution in [2.24, 2.45) is 5.73 Å². The Bertz CT molecular complexity index is 3800. The summed E-state index contributed by atoms with van der Waals surface area (Å²) in [5.74, 6) is -2.18. The van der Waals surface area contributed by atoms with Gasteiger partial charge in [0.05, 0.1) is 54.9 Å². The molecule has 3 heterocycles. The predicted octanol–water partition coefficient (Wildman–Crippen LogP) is 6.46. The number of benzene rings is 3. The highest BCUT2D eigenvalue weighted by Crippen LogP contribution is 2.36. The van der Waals surface area contributed by atoms with Gasteiger partial charge in [0.2, 0.25) is 23.7 Å². The van der Waals surface area contributed by atoms with Crippen LogP contribution in [0.3, 0.4) is 0 Å². The molecule has 3 aromatic heterocycles. The fourth-order valence-electron chi connectivity index (χ4n) is 6.33. The van der Waals surface area contributed by atoms with Crippen LogP contribution < -0.4 is 44.8 Å². The molecular weight excluding hydrogens is 1300 g/mol. The van der Waals surface area contributed by atoms with Gasteiger partial charge in [-0.15, -0.1) is 0 Å². The zero-order chi connectivity index (χ0) is 67.2. The summed E-state index contributed by atoms with van der Waals surface area (Å²) in [6.45, 7) is 2.68. The van der Waals surface area contributed by atoms with Crippen LogP contribution in [-0.4, -0.2) is 164 Å². The van der Waals surface area contributed by atoms with E-state index in [-0.39, 0.29) is 81.2 Å². The van der Waals surface area contributed by atoms with Crippen LogP contribution in [0.2, 0.25) is 10.0 Å². The van der Waals surface area contributed by atoms with E-state index in [0.29, 0.717) is 10.8 Å². The van der Waals surface area contributed by atoms with Gasteiger partial charge in [-0.05, 0) is 67.8 Å². The Morgan fingerprint density at radius 1 is 0.809 bits per heavy atom. The first kappa shape index (κ1) is 74.1. The number of anilines is 2. The van der Waals surface area contributed by atoms with E-state index in [4.69, 9.17) is 57.9 Å². The lowest BCUT2D eigenvalue weighted by Gasteiger charge is -2.14. The number of methoxy groups -OCH3 is 4. The van der Waals surface area contributed by atoms with Gasteiger partial charge >= 0.3 is 36.2 Å². The molecule has 5 amide bonds. The van der Waals surface area contributed by atoms with Crippen molar-refractivity contribution in [1.82, 2.24) is 44.2 Å². The molecule has 0 spiro atoms. The van der Waals surface area contributed by atoms with Crippen LogP contribution in [0.15, 0.2) is 95.0 Å². The van der Waals surface area contributed by atoms with Crippen LogP contribution in [0, 0.1) is 17.0 Å². The Labute approximate surface area is 514 Å². The maximum atomic E-state index is 12.5. The quantitative estimate of drug-likeness (QED) is 0.0186. The van der Waals surface area contributed by atoms with E-state index in [9.17, 15) is 68.7 Å². The first-order valence-electron chi connectivity index (χ1n) is 24.4. The highest BCUT2D eigenvalue weighted by atomic mass is 35.5. The summed E-state index contributed by atoms with van der Waals surface area (Å²) in [6.07, 6.45) is -5.01. The van der Waals surface area contributed by atoms with Gasteiger partial charge in [0.15, 0.2) is 12.4 Å². The minimum absolute atomic E-state index is 0.0412. The number of nitrogens with two attached hydrogens (primary N) is 1. The molecule has 6 rings (SSSR count). The molecule has 8 N–H and O–H groups in total. The molecule has 32 nitrogen and oxygen atoms in total. The first-order chi connectivity index (χ1) is 41.4. The largest absolute Gasteiger partial charge is 0.481 e. The van der Waals surface area contributed by atoms with Crippen molar-refractivity contribution in [2.75, 3.05) is 66.0 Å². The van der Waals surface area contributed by atoms with Gasteiger partial charge in [0, 0.05) is 56.7 Å². The Hall–Kier alpha value is -9.13. The molecular formula is C49H55Cl2F3N13O19PS2. The molecule has 40 heteroatoms. The number of carboxylic acids is 1. The Morgan fingerprint density at radius 2 is 1.40 bits per heavy atom. The second kappa shape index (κ2) is 33.3. The normalized spacial score (nSPS) is 11.9. The lowest BCUT2D eigenvalue weighted by atomic mass is 10.1. The maximum absolute atomic E-state index is 12.5. The number of nitrogens with one attached hydrogen (secondary N) is 4. The zero-order valence-electron chi connectivity index (χ0n) is 47.6. The van der Waals surface area contributed by atoms with E-state index in [1.165, 1.54) is 115 Å². The van der Waals surface area contributed by atoms with E-state index in [0.717, 1.165) is 19.2 Å². The first-order valence-corrected chi connectivity index (χ1v) is 30.4. The fraction of sp³-hybridized carbons (Fsp3) is 0.286. The second-order valence-corrected chi connectivity index (χ2v) is 24.1. The number of carbonyl (C=O) groups is 5. The van der Waals surface area contributed by atoms with E-state index in [1.54, 1.807) is 21.6 Å². The molecule has 2 unspecified atom stereocenters. The van der Waals surface area contributed by atoms with Gasteiger partial charge in [0.25, 0.3) is 31.6 Å². The number of hydrogen-bond acceptors (Lipinski definition) is 24. The molecule has 3 aromatic carbocycles. The smallest absolute Gasteiger partial charge is 0.389 e. The number of pyridine rings is 1. The number of aromatic nitrogens is 6. The number of amides is 5. The average Bonchev–Trinajstić information content (AvgIpc) is 1.19. The number of esters is 1. The maximum Gasteiger partial charge on any atom is 0.389 e. The summed E-state index contributed by atoms with van der Waals surface area (Å²) in [5, 5.41) is 23.6. The van der Waals surface area contributed by atoms with Gasteiger partial charge in [-0.2, -0.15) is 46.5 Å². The average molecular weight is 1350 g/mol. The van der Waals surface area contributed by atoms with Crippen molar-refractivity contribution in [3.05, 3.63) is 128 Å². The van der Waals surface area contributed by atoms with E-state index in [1.807, 2.05) is 0 Å². The fourth-order valence-corrected chi connectivity index (χ4v) is 9.75. The third kappa shape index (κ3) is 24.9. The Balaban J connectivity index is 0.000000324. The molecule has 0 radical (unpaired) electrons.